The van der Waals surface area contributed by atoms with E-state index >= 15 is 0 Å². The Morgan fingerprint density at radius 1 is 0.893 bits per heavy atom. The molecule has 28 heavy (non-hydrogen) atoms. The molecule has 0 spiro atoms. The zero-order valence-electron chi connectivity index (χ0n) is 14.4. The molecule has 0 aliphatic carbocycles. The monoisotopic (exact) mass is 374 g/mol. The van der Waals surface area contributed by atoms with Gasteiger partial charge in [-0.2, -0.15) is 0 Å². The first-order chi connectivity index (χ1) is 13.5. The summed E-state index contributed by atoms with van der Waals surface area (Å²) in [7, 11) is 0. The summed E-state index contributed by atoms with van der Waals surface area (Å²) in [5, 5.41) is 33.9. The van der Waals surface area contributed by atoms with Gasteiger partial charge < -0.3 is 15.5 Å². The van der Waals surface area contributed by atoms with E-state index in [4.69, 9.17) is 0 Å². The van der Waals surface area contributed by atoms with Crippen LogP contribution < -0.4 is 5.32 Å². The molecule has 0 aliphatic heterocycles. The SMILES string of the molecule is O=[N+]([O-])c1ccc2nc(-c3ccccc3)nc(Nc3ccc(O)c(O)c3)c2c1. The fourth-order valence-corrected chi connectivity index (χ4v) is 2.78. The minimum absolute atomic E-state index is 0.0832. The van der Waals surface area contributed by atoms with Gasteiger partial charge in [0.05, 0.1) is 10.4 Å². The molecule has 0 fully saturated rings. The van der Waals surface area contributed by atoms with Crippen LogP contribution in [-0.4, -0.2) is 25.1 Å². The number of fused-ring (bicyclic) bond motifs is 1. The van der Waals surface area contributed by atoms with Crippen LogP contribution in [0, 0.1) is 10.1 Å². The number of non-ortho nitro benzene ring substituents is 1. The number of nitrogens with zero attached hydrogens (tertiary/aromatic N) is 3. The number of aromatic hydroxyl groups is 2. The third-order valence-corrected chi connectivity index (χ3v) is 4.16. The average molecular weight is 374 g/mol. The van der Waals surface area contributed by atoms with Crippen molar-refractivity contribution in [2.24, 2.45) is 0 Å². The molecule has 0 atom stereocenters. The van der Waals surface area contributed by atoms with E-state index in [9.17, 15) is 20.3 Å². The number of aromatic nitrogens is 2. The molecule has 0 saturated carbocycles. The minimum atomic E-state index is -0.485. The van der Waals surface area contributed by atoms with Gasteiger partial charge in [0.15, 0.2) is 17.3 Å². The minimum Gasteiger partial charge on any atom is -0.504 e. The highest BCUT2D eigenvalue weighted by atomic mass is 16.6. The van der Waals surface area contributed by atoms with Crippen LogP contribution in [0.15, 0.2) is 66.7 Å². The number of hydrogen-bond donors (Lipinski definition) is 3. The van der Waals surface area contributed by atoms with Gasteiger partial charge in [-0.25, -0.2) is 9.97 Å². The molecule has 138 valence electrons. The van der Waals surface area contributed by atoms with Crippen molar-refractivity contribution < 1.29 is 15.1 Å². The van der Waals surface area contributed by atoms with Crippen molar-refractivity contribution in [3.8, 4) is 22.9 Å². The first kappa shape index (κ1) is 17.2. The number of anilines is 2. The van der Waals surface area contributed by atoms with Crippen LogP contribution in [0.2, 0.25) is 0 Å². The molecule has 1 aromatic heterocycles. The summed E-state index contributed by atoms with van der Waals surface area (Å²) in [6.07, 6.45) is 0. The molecule has 8 nitrogen and oxygen atoms in total. The van der Waals surface area contributed by atoms with Crippen molar-refractivity contribution in [1.29, 1.82) is 0 Å². The summed E-state index contributed by atoms with van der Waals surface area (Å²) in [4.78, 5) is 19.7. The van der Waals surface area contributed by atoms with Gasteiger partial charge in [-0.15, -0.1) is 0 Å². The summed E-state index contributed by atoms with van der Waals surface area (Å²) in [5.41, 5.74) is 1.70. The second-order valence-electron chi connectivity index (χ2n) is 6.05. The van der Waals surface area contributed by atoms with Gasteiger partial charge in [0, 0.05) is 34.8 Å². The van der Waals surface area contributed by atoms with E-state index in [1.807, 2.05) is 30.3 Å². The number of nitro groups is 1. The Morgan fingerprint density at radius 2 is 1.68 bits per heavy atom. The maximum atomic E-state index is 11.2. The number of nitrogens with one attached hydrogen (secondary N) is 1. The summed E-state index contributed by atoms with van der Waals surface area (Å²) in [5.74, 6) is 0.251. The van der Waals surface area contributed by atoms with Gasteiger partial charge in [0.1, 0.15) is 5.82 Å². The number of benzene rings is 3. The van der Waals surface area contributed by atoms with Gasteiger partial charge in [-0.05, 0) is 18.2 Å². The van der Waals surface area contributed by atoms with Gasteiger partial charge in [-0.3, -0.25) is 10.1 Å². The molecule has 1 heterocycles. The maximum Gasteiger partial charge on any atom is 0.270 e. The van der Waals surface area contributed by atoms with Crippen LogP contribution in [-0.2, 0) is 0 Å². The first-order valence-corrected chi connectivity index (χ1v) is 8.32. The van der Waals surface area contributed by atoms with Gasteiger partial charge >= 0.3 is 0 Å². The summed E-state index contributed by atoms with van der Waals surface area (Å²) in [6.45, 7) is 0. The second kappa shape index (κ2) is 6.84. The molecule has 8 heteroatoms. The van der Waals surface area contributed by atoms with Crippen LogP contribution in [0.1, 0.15) is 0 Å². The Hall–Kier alpha value is -4.20. The van der Waals surface area contributed by atoms with Crippen molar-refractivity contribution in [3.63, 3.8) is 0 Å². The predicted octanol–water partition coefficient (Wildman–Crippen LogP) is 4.36. The predicted molar refractivity (Wildman–Crippen MR) is 105 cm³/mol. The Morgan fingerprint density at radius 3 is 2.39 bits per heavy atom. The fourth-order valence-electron chi connectivity index (χ4n) is 2.78. The first-order valence-electron chi connectivity index (χ1n) is 8.32. The van der Waals surface area contributed by atoms with Crippen LogP contribution in [0.4, 0.5) is 17.2 Å². The topological polar surface area (TPSA) is 121 Å². The van der Waals surface area contributed by atoms with E-state index in [1.54, 1.807) is 12.1 Å². The molecule has 4 aromatic rings. The van der Waals surface area contributed by atoms with E-state index in [0.29, 0.717) is 28.2 Å². The second-order valence-corrected chi connectivity index (χ2v) is 6.05. The van der Waals surface area contributed by atoms with Crippen molar-refractivity contribution in [2.45, 2.75) is 0 Å². The molecular formula is C20H14N4O4. The molecule has 3 aromatic carbocycles. The van der Waals surface area contributed by atoms with Crippen molar-refractivity contribution in [2.75, 3.05) is 5.32 Å². The lowest BCUT2D eigenvalue weighted by molar-refractivity contribution is -0.384. The molecule has 0 aliphatic rings. The van der Waals surface area contributed by atoms with E-state index in [2.05, 4.69) is 15.3 Å². The fraction of sp³-hybridized carbons (Fsp3) is 0. The number of phenolic OH excluding ortho intramolecular Hbond substituents is 2. The molecule has 0 amide bonds. The van der Waals surface area contributed by atoms with Gasteiger partial charge in [-0.1, -0.05) is 30.3 Å². The Labute approximate surface area is 158 Å². The van der Waals surface area contributed by atoms with Crippen molar-refractivity contribution in [3.05, 3.63) is 76.8 Å². The smallest absolute Gasteiger partial charge is 0.270 e. The molecule has 0 unspecified atom stereocenters. The third kappa shape index (κ3) is 3.26. The third-order valence-electron chi connectivity index (χ3n) is 4.16. The normalized spacial score (nSPS) is 10.7. The maximum absolute atomic E-state index is 11.2. The van der Waals surface area contributed by atoms with Crippen LogP contribution in [0.25, 0.3) is 22.3 Å². The van der Waals surface area contributed by atoms with E-state index in [1.165, 1.54) is 24.3 Å². The Bertz CT molecular complexity index is 1200. The largest absolute Gasteiger partial charge is 0.504 e. The summed E-state index contributed by atoms with van der Waals surface area (Å²) < 4.78 is 0. The zero-order valence-corrected chi connectivity index (χ0v) is 14.4. The van der Waals surface area contributed by atoms with E-state index < -0.39 is 4.92 Å². The molecular weight excluding hydrogens is 360 g/mol. The number of nitro benzene ring substituents is 1. The van der Waals surface area contributed by atoms with Gasteiger partial charge in [0.25, 0.3) is 5.69 Å². The number of rotatable bonds is 4. The highest BCUT2D eigenvalue weighted by molar-refractivity contribution is 5.93. The van der Waals surface area contributed by atoms with Gasteiger partial charge in [0.2, 0.25) is 0 Å². The molecule has 4 rings (SSSR count). The summed E-state index contributed by atoms with van der Waals surface area (Å²) in [6, 6.07) is 17.9. The average Bonchev–Trinajstić information content (AvgIpc) is 2.71. The molecule has 0 saturated heterocycles. The van der Waals surface area contributed by atoms with Crippen LogP contribution >= 0.6 is 0 Å². The lowest BCUT2D eigenvalue weighted by Gasteiger charge is -2.12. The van der Waals surface area contributed by atoms with E-state index in [0.717, 1.165) is 5.56 Å². The molecule has 3 N–H and O–H groups in total. The lowest BCUT2D eigenvalue weighted by atomic mass is 10.1. The highest BCUT2D eigenvalue weighted by Crippen LogP contribution is 2.33. The number of phenols is 2. The van der Waals surface area contributed by atoms with Crippen LogP contribution in [0.5, 0.6) is 11.5 Å². The zero-order chi connectivity index (χ0) is 19.7. The Balaban J connectivity index is 1.90. The highest BCUT2D eigenvalue weighted by Gasteiger charge is 2.14. The van der Waals surface area contributed by atoms with Crippen molar-refractivity contribution in [1.82, 2.24) is 9.97 Å². The standard InChI is InChI=1S/C20H14N4O4/c25-17-9-6-13(10-18(17)26)21-20-15-11-14(24(27)28)7-8-16(15)22-19(23-20)12-4-2-1-3-5-12/h1-11,25-26H,(H,21,22,23). The van der Waals surface area contributed by atoms with Crippen LogP contribution in [0.3, 0.4) is 0 Å². The molecule has 0 bridgehead atoms. The summed E-state index contributed by atoms with van der Waals surface area (Å²) >= 11 is 0. The lowest BCUT2D eigenvalue weighted by Crippen LogP contribution is -2.00. The molecule has 0 radical (unpaired) electrons. The Kier molecular flexibility index (Phi) is 4.21. The van der Waals surface area contributed by atoms with Crippen molar-refractivity contribution >= 4 is 28.1 Å². The van der Waals surface area contributed by atoms with E-state index in [-0.39, 0.29) is 17.2 Å². The quantitative estimate of drug-likeness (QED) is 0.210. The number of hydrogen-bond acceptors (Lipinski definition) is 7.